The molecule has 6 heteroatoms. The number of nitrogens with one attached hydrogen (secondary N) is 1. The second-order valence-electron chi connectivity index (χ2n) is 3.95. The summed E-state index contributed by atoms with van der Waals surface area (Å²) in [6.07, 6.45) is 1.64. The van der Waals surface area contributed by atoms with Crippen molar-refractivity contribution in [3.8, 4) is 0 Å². The molecule has 0 bridgehead atoms. The van der Waals surface area contributed by atoms with Gasteiger partial charge < -0.3 is 16.8 Å². The van der Waals surface area contributed by atoms with Crippen molar-refractivity contribution in [2.24, 2.45) is 5.73 Å². The molecule has 17 heavy (non-hydrogen) atoms. The van der Waals surface area contributed by atoms with Crippen molar-refractivity contribution < 1.29 is 9.00 Å². The SMILES string of the molecule is CC(CS(C)=O)Nc1cc(C(N)=O)ccc1N. The molecule has 0 fully saturated rings. The molecule has 5 N–H and O–H groups in total. The minimum absolute atomic E-state index is 0.00580. The van der Waals surface area contributed by atoms with Crippen LogP contribution in [0.4, 0.5) is 11.4 Å². The number of anilines is 2. The van der Waals surface area contributed by atoms with Crippen LogP contribution in [0.2, 0.25) is 0 Å². The van der Waals surface area contributed by atoms with E-state index in [0.717, 1.165) is 0 Å². The molecule has 0 aliphatic rings. The molecule has 0 saturated carbocycles. The van der Waals surface area contributed by atoms with Crippen LogP contribution in [0.5, 0.6) is 0 Å². The smallest absolute Gasteiger partial charge is 0.248 e. The third-order valence-electron chi connectivity index (χ3n) is 2.22. The molecule has 1 aromatic rings. The zero-order chi connectivity index (χ0) is 13.0. The molecule has 0 aromatic heterocycles. The van der Waals surface area contributed by atoms with Crippen molar-refractivity contribution in [3.05, 3.63) is 23.8 Å². The maximum Gasteiger partial charge on any atom is 0.248 e. The van der Waals surface area contributed by atoms with E-state index in [1.165, 1.54) is 0 Å². The fraction of sp³-hybridized carbons (Fsp3) is 0.364. The minimum Gasteiger partial charge on any atom is -0.397 e. The number of hydrogen-bond donors (Lipinski definition) is 3. The molecule has 2 atom stereocenters. The van der Waals surface area contributed by atoms with Crippen LogP contribution in [-0.4, -0.2) is 28.2 Å². The van der Waals surface area contributed by atoms with Crippen molar-refractivity contribution >= 4 is 28.1 Å². The average molecular weight is 255 g/mol. The van der Waals surface area contributed by atoms with Crippen LogP contribution in [-0.2, 0) is 10.8 Å². The van der Waals surface area contributed by atoms with Crippen LogP contribution >= 0.6 is 0 Å². The van der Waals surface area contributed by atoms with Crippen molar-refractivity contribution in [1.29, 1.82) is 0 Å². The van der Waals surface area contributed by atoms with Crippen molar-refractivity contribution in [2.45, 2.75) is 13.0 Å². The number of amides is 1. The number of benzene rings is 1. The number of nitrogen functional groups attached to an aromatic ring is 1. The van der Waals surface area contributed by atoms with E-state index in [-0.39, 0.29) is 6.04 Å². The molecule has 0 heterocycles. The molecule has 0 aliphatic heterocycles. The number of primary amides is 1. The van der Waals surface area contributed by atoms with Crippen LogP contribution in [0.25, 0.3) is 0 Å². The summed E-state index contributed by atoms with van der Waals surface area (Å²) < 4.78 is 11.1. The fourth-order valence-corrected chi connectivity index (χ4v) is 2.28. The molecular formula is C11H17N3O2S. The summed E-state index contributed by atoms with van der Waals surface area (Å²) in [5.74, 6) is 0.0139. The predicted molar refractivity (Wildman–Crippen MR) is 71.4 cm³/mol. The van der Waals surface area contributed by atoms with Crippen molar-refractivity contribution in [3.63, 3.8) is 0 Å². The second kappa shape index (κ2) is 5.67. The Morgan fingerprint density at radius 3 is 2.71 bits per heavy atom. The number of hydrogen-bond acceptors (Lipinski definition) is 4. The van der Waals surface area contributed by atoms with E-state index >= 15 is 0 Å². The highest BCUT2D eigenvalue weighted by atomic mass is 32.2. The lowest BCUT2D eigenvalue weighted by Gasteiger charge is -2.16. The lowest BCUT2D eigenvalue weighted by atomic mass is 10.1. The molecular weight excluding hydrogens is 238 g/mol. The summed E-state index contributed by atoms with van der Waals surface area (Å²) in [4.78, 5) is 11.0. The molecule has 1 rings (SSSR count). The number of carbonyl (C=O) groups is 1. The summed E-state index contributed by atoms with van der Waals surface area (Å²) in [7, 11) is -0.885. The second-order valence-corrected chi connectivity index (χ2v) is 5.43. The molecule has 0 spiro atoms. The summed E-state index contributed by atoms with van der Waals surface area (Å²) >= 11 is 0. The quantitative estimate of drug-likeness (QED) is 0.669. The van der Waals surface area contributed by atoms with Crippen LogP contribution in [0, 0.1) is 0 Å². The Kier molecular flexibility index (Phi) is 4.51. The molecule has 1 aromatic carbocycles. The molecule has 2 unspecified atom stereocenters. The lowest BCUT2D eigenvalue weighted by Crippen LogP contribution is -2.23. The Bertz CT molecular complexity index is 448. The third-order valence-corrected chi connectivity index (χ3v) is 3.19. The summed E-state index contributed by atoms with van der Waals surface area (Å²) in [6, 6.07) is 4.81. The normalized spacial score (nSPS) is 14.0. The number of carbonyl (C=O) groups excluding carboxylic acids is 1. The lowest BCUT2D eigenvalue weighted by molar-refractivity contribution is 0.100. The average Bonchev–Trinajstić information content (AvgIpc) is 2.19. The Hall–Kier alpha value is -1.56. The van der Waals surface area contributed by atoms with E-state index in [0.29, 0.717) is 22.7 Å². The molecule has 1 amide bonds. The van der Waals surface area contributed by atoms with E-state index < -0.39 is 16.7 Å². The Balaban J connectivity index is 2.86. The van der Waals surface area contributed by atoms with Gasteiger partial charge in [0.25, 0.3) is 0 Å². The Labute approximate surface area is 103 Å². The topological polar surface area (TPSA) is 98.2 Å². The third kappa shape index (κ3) is 4.07. The molecule has 5 nitrogen and oxygen atoms in total. The van der Waals surface area contributed by atoms with Crippen molar-refractivity contribution in [1.82, 2.24) is 0 Å². The van der Waals surface area contributed by atoms with Gasteiger partial charge in [0.15, 0.2) is 0 Å². The van der Waals surface area contributed by atoms with Gasteiger partial charge in [0.1, 0.15) is 0 Å². The van der Waals surface area contributed by atoms with Gasteiger partial charge >= 0.3 is 0 Å². The first-order chi connectivity index (χ1) is 7.90. The highest BCUT2D eigenvalue weighted by molar-refractivity contribution is 7.84. The van der Waals surface area contributed by atoms with Crippen LogP contribution in [0.15, 0.2) is 18.2 Å². The largest absolute Gasteiger partial charge is 0.397 e. The number of rotatable bonds is 5. The van der Waals surface area contributed by atoms with Gasteiger partial charge in [0.2, 0.25) is 5.91 Å². The van der Waals surface area contributed by atoms with Gasteiger partial charge in [-0.05, 0) is 25.1 Å². The van der Waals surface area contributed by atoms with Crippen LogP contribution in [0.1, 0.15) is 17.3 Å². The van der Waals surface area contributed by atoms with Crippen LogP contribution in [0.3, 0.4) is 0 Å². The number of nitrogens with two attached hydrogens (primary N) is 2. The predicted octanol–water partition coefficient (Wildman–Crippen LogP) is 0.547. The van der Waals surface area contributed by atoms with E-state index in [1.54, 1.807) is 24.5 Å². The van der Waals surface area contributed by atoms with Gasteiger partial charge in [-0.3, -0.25) is 9.00 Å². The standard InChI is InChI=1S/C11H17N3O2S/c1-7(6-17(2)16)14-10-5-8(11(13)15)3-4-9(10)12/h3-5,7,14H,6,12H2,1-2H3,(H2,13,15). The zero-order valence-electron chi connectivity index (χ0n) is 9.90. The van der Waals surface area contributed by atoms with Crippen molar-refractivity contribution in [2.75, 3.05) is 23.1 Å². The first-order valence-electron chi connectivity index (χ1n) is 5.16. The summed E-state index contributed by atoms with van der Waals surface area (Å²) in [5, 5.41) is 3.11. The summed E-state index contributed by atoms with van der Waals surface area (Å²) in [6.45, 7) is 1.90. The maximum absolute atomic E-state index is 11.1. The maximum atomic E-state index is 11.1. The van der Waals surface area contributed by atoms with Gasteiger partial charge in [0.05, 0.1) is 11.4 Å². The Morgan fingerprint density at radius 2 is 2.18 bits per heavy atom. The molecule has 94 valence electrons. The molecule has 0 radical (unpaired) electrons. The van der Waals surface area contributed by atoms with Gasteiger partial charge in [-0.1, -0.05) is 0 Å². The zero-order valence-corrected chi connectivity index (χ0v) is 10.7. The summed E-state index contributed by atoms with van der Waals surface area (Å²) in [5.41, 5.74) is 12.5. The van der Waals surface area contributed by atoms with Gasteiger partial charge in [-0.25, -0.2) is 0 Å². The monoisotopic (exact) mass is 255 g/mol. The first-order valence-corrected chi connectivity index (χ1v) is 6.88. The Morgan fingerprint density at radius 1 is 1.53 bits per heavy atom. The highest BCUT2D eigenvalue weighted by Gasteiger charge is 2.09. The van der Waals surface area contributed by atoms with Gasteiger partial charge in [-0.15, -0.1) is 0 Å². The van der Waals surface area contributed by atoms with Gasteiger partial charge in [-0.2, -0.15) is 0 Å². The fourth-order valence-electron chi connectivity index (χ4n) is 1.49. The minimum atomic E-state index is -0.885. The van der Waals surface area contributed by atoms with E-state index in [1.807, 2.05) is 6.92 Å². The van der Waals surface area contributed by atoms with Crippen LogP contribution < -0.4 is 16.8 Å². The van der Waals surface area contributed by atoms with E-state index in [9.17, 15) is 9.00 Å². The van der Waals surface area contributed by atoms with E-state index in [4.69, 9.17) is 11.5 Å². The van der Waals surface area contributed by atoms with Gasteiger partial charge in [0, 0.05) is 34.4 Å². The first kappa shape index (κ1) is 13.5. The molecule has 0 saturated heterocycles. The van der Waals surface area contributed by atoms with E-state index in [2.05, 4.69) is 5.32 Å². The molecule has 0 aliphatic carbocycles. The highest BCUT2D eigenvalue weighted by Crippen LogP contribution is 2.20.